The number of ether oxygens (including phenoxy) is 1. The third kappa shape index (κ3) is 4.09. The molecule has 2 aromatic heterocycles. The van der Waals surface area contributed by atoms with Crippen LogP contribution in [0.3, 0.4) is 0 Å². The van der Waals surface area contributed by atoms with Crippen LogP contribution in [0.15, 0.2) is 35.7 Å². The number of anilines is 1. The van der Waals surface area contributed by atoms with Gasteiger partial charge in [-0.2, -0.15) is 0 Å². The highest BCUT2D eigenvalue weighted by Crippen LogP contribution is 2.39. The van der Waals surface area contributed by atoms with Gasteiger partial charge in [0.1, 0.15) is 16.5 Å². The van der Waals surface area contributed by atoms with Crippen LogP contribution >= 0.6 is 11.3 Å². The molecule has 2 aliphatic rings. The molecule has 0 amide bonds. The average Bonchev–Trinajstić information content (AvgIpc) is 3.24. The van der Waals surface area contributed by atoms with Gasteiger partial charge in [-0.25, -0.2) is 9.97 Å². The predicted molar refractivity (Wildman–Crippen MR) is 124 cm³/mol. The lowest BCUT2D eigenvalue weighted by atomic mass is 9.94. The molecule has 1 aromatic carbocycles. The number of hydrogen-bond donors (Lipinski definition) is 0. The largest absolute Gasteiger partial charge is 0.379 e. The summed E-state index contributed by atoms with van der Waals surface area (Å²) in [6, 6.07) is 11.2. The van der Waals surface area contributed by atoms with Gasteiger partial charge in [-0.15, -0.1) is 11.3 Å². The maximum absolute atomic E-state index is 5.51. The minimum absolute atomic E-state index is 0.566. The second-order valence-corrected chi connectivity index (χ2v) is 9.31. The number of hydrogen-bond acceptors (Lipinski definition) is 6. The number of benzene rings is 1. The standard InChI is InChI=1S/C24H30N4OS/c1-27(19-10-6-3-7-11-19)23-22-20(18-8-4-2-5-9-18)17-30-24(22)26-21(25-23)16-28-12-14-29-15-13-28/h2,4-5,8-9,17,19H,3,6-7,10-16H2,1H3. The van der Waals surface area contributed by atoms with Crippen molar-refractivity contribution in [3.63, 3.8) is 0 Å². The molecule has 3 heterocycles. The van der Waals surface area contributed by atoms with Gasteiger partial charge < -0.3 is 9.64 Å². The summed E-state index contributed by atoms with van der Waals surface area (Å²) >= 11 is 1.74. The molecular formula is C24H30N4OS. The van der Waals surface area contributed by atoms with Crippen LogP contribution < -0.4 is 4.90 Å². The summed E-state index contributed by atoms with van der Waals surface area (Å²) in [5.41, 5.74) is 2.50. The van der Waals surface area contributed by atoms with Gasteiger partial charge in [0.25, 0.3) is 0 Å². The number of aromatic nitrogens is 2. The summed E-state index contributed by atoms with van der Waals surface area (Å²) in [6.45, 7) is 4.30. The lowest BCUT2D eigenvalue weighted by Gasteiger charge is -2.33. The van der Waals surface area contributed by atoms with E-state index < -0.39 is 0 Å². The molecule has 5 rings (SSSR count). The second kappa shape index (κ2) is 9.00. The van der Waals surface area contributed by atoms with Gasteiger partial charge >= 0.3 is 0 Å². The van der Waals surface area contributed by atoms with Gasteiger partial charge in [0.2, 0.25) is 0 Å². The van der Waals surface area contributed by atoms with E-state index in [4.69, 9.17) is 14.7 Å². The highest BCUT2D eigenvalue weighted by atomic mass is 32.1. The van der Waals surface area contributed by atoms with Crippen LogP contribution in [0.5, 0.6) is 0 Å². The summed E-state index contributed by atoms with van der Waals surface area (Å²) < 4.78 is 5.51. The highest BCUT2D eigenvalue weighted by molar-refractivity contribution is 7.17. The van der Waals surface area contributed by atoms with Crippen LogP contribution in [0.4, 0.5) is 5.82 Å². The molecule has 158 valence electrons. The molecule has 3 aromatic rings. The van der Waals surface area contributed by atoms with E-state index in [0.717, 1.165) is 49.3 Å². The molecule has 1 saturated heterocycles. The van der Waals surface area contributed by atoms with Crippen LogP contribution in [0.2, 0.25) is 0 Å². The normalized spacial score (nSPS) is 18.7. The first-order valence-electron chi connectivity index (χ1n) is 11.2. The Morgan fingerprint density at radius 3 is 2.60 bits per heavy atom. The van der Waals surface area contributed by atoms with Crippen molar-refractivity contribution in [1.82, 2.24) is 14.9 Å². The molecule has 0 unspecified atom stereocenters. The Kier molecular flexibility index (Phi) is 5.97. The molecular weight excluding hydrogens is 392 g/mol. The van der Waals surface area contributed by atoms with Gasteiger partial charge in [-0.1, -0.05) is 49.6 Å². The van der Waals surface area contributed by atoms with Crippen LogP contribution in [-0.4, -0.2) is 54.3 Å². The predicted octanol–water partition coefficient (Wildman–Crippen LogP) is 4.96. The molecule has 6 heteroatoms. The summed E-state index contributed by atoms with van der Waals surface area (Å²) in [4.78, 5) is 16.1. The zero-order valence-electron chi connectivity index (χ0n) is 17.7. The van der Waals surface area contributed by atoms with E-state index in [9.17, 15) is 0 Å². The van der Waals surface area contributed by atoms with Gasteiger partial charge in [0, 0.05) is 37.1 Å². The van der Waals surface area contributed by atoms with Gasteiger partial charge in [-0.3, -0.25) is 4.90 Å². The average molecular weight is 423 g/mol. The van der Waals surface area contributed by atoms with Crippen molar-refractivity contribution < 1.29 is 4.74 Å². The number of rotatable bonds is 5. The lowest BCUT2D eigenvalue weighted by Crippen LogP contribution is -2.37. The van der Waals surface area contributed by atoms with Gasteiger partial charge in [-0.05, 0) is 18.4 Å². The number of morpholine rings is 1. The Balaban J connectivity index is 1.57. The monoisotopic (exact) mass is 422 g/mol. The van der Waals surface area contributed by atoms with Crippen molar-refractivity contribution in [1.29, 1.82) is 0 Å². The SMILES string of the molecule is CN(c1nc(CN2CCOCC2)nc2scc(-c3ccccc3)c12)C1CCCCC1. The molecule has 5 nitrogen and oxygen atoms in total. The van der Waals surface area contributed by atoms with E-state index >= 15 is 0 Å². The van der Waals surface area contributed by atoms with Crippen molar-refractivity contribution in [3.05, 3.63) is 41.5 Å². The first kappa shape index (κ1) is 19.9. The molecule has 2 fully saturated rings. The van der Waals surface area contributed by atoms with Gasteiger partial charge in [0.05, 0.1) is 25.1 Å². The van der Waals surface area contributed by atoms with Crippen LogP contribution in [-0.2, 0) is 11.3 Å². The van der Waals surface area contributed by atoms with Crippen molar-refractivity contribution >= 4 is 27.4 Å². The topological polar surface area (TPSA) is 41.5 Å². The van der Waals surface area contributed by atoms with Crippen molar-refractivity contribution in [2.24, 2.45) is 0 Å². The van der Waals surface area contributed by atoms with E-state index in [1.807, 2.05) is 0 Å². The fourth-order valence-electron chi connectivity index (χ4n) is 4.72. The van der Waals surface area contributed by atoms with Crippen LogP contribution in [0, 0.1) is 0 Å². The fraction of sp³-hybridized carbons (Fsp3) is 0.500. The number of thiophene rings is 1. The molecule has 0 bridgehead atoms. The molecule has 1 aliphatic heterocycles. The van der Waals surface area contributed by atoms with E-state index in [0.29, 0.717) is 6.04 Å². The summed E-state index contributed by atoms with van der Waals surface area (Å²) in [6.07, 6.45) is 6.51. The number of fused-ring (bicyclic) bond motifs is 1. The number of nitrogens with zero attached hydrogens (tertiary/aromatic N) is 4. The Morgan fingerprint density at radius 1 is 1.07 bits per heavy atom. The zero-order chi connectivity index (χ0) is 20.3. The molecule has 0 atom stereocenters. The molecule has 1 saturated carbocycles. The highest BCUT2D eigenvalue weighted by Gasteiger charge is 2.25. The smallest absolute Gasteiger partial charge is 0.146 e. The zero-order valence-corrected chi connectivity index (χ0v) is 18.5. The van der Waals surface area contributed by atoms with E-state index in [1.54, 1.807) is 11.3 Å². The molecule has 30 heavy (non-hydrogen) atoms. The molecule has 0 N–H and O–H groups in total. The molecule has 1 aliphatic carbocycles. The summed E-state index contributed by atoms with van der Waals surface area (Å²) in [7, 11) is 2.24. The maximum atomic E-state index is 5.51. The summed E-state index contributed by atoms with van der Waals surface area (Å²) in [5, 5.41) is 3.47. The van der Waals surface area contributed by atoms with Crippen LogP contribution in [0.25, 0.3) is 21.3 Å². The second-order valence-electron chi connectivity index (χ2n) is 8.45. The first-order chi connectivity index (χ1) is 14.8. The molecule has 0 radical (unpaired) electrons. The molecule has 0 spiro atoms. The van der Waals surface area contributed by atoms with E-state index in [1.165, 1.54) is 48.6 Å². The van der Waals surface area contributed by atoms with Crippen molar-refractivity contribution in [2.75, 3.05) is 38.3 Å². The minimum atomic E-state index is 0.566. The summed E-state index contributed by atoms with van der Waals surface area (Å²) in [5.74, 6) is 2.04. The third-order valence-corrected chi connectivity index (χ3v) is 7.34. The van der Waals surface area contributed by atoms with Crippen molar-refractivity contribution in [2.45, 2.75) is 44.7 Å². The Bertz CT molecular complexity index is 978. The van der Waals surface area contributed by atoms with E-state index in [2.05, 4.69) is 52.6 Å². The maximum Gasteiger partial charge on any atom is 0.146 e. The fourth-order valence-corrected chi connectivity index (χ4v) is 5.68. The Morgan fingerprint density at radius 2 is 1.83 bits per heavy atom. The van der Waals surface area contributed by atoms with E-state index in [-0.39, 0.29) is 0 Å². The minimum Gasteiger partial charge on any atom is -0.379 e. The third-order valence-electron chi connectivity index (χ3n) is 6.47. The van der Waals surface area contributed by atoms with Crippen LogP contribution in [0.1, 0.15) is 37.9 Å². The lowest BCUT2D eigenvalue weighted by molar-refractivity contribution is 0.0331. The Labute approximate surface area is 182 Å². The quantitative estimate of drug-likeness (QED) is 0.581. The van der Waals surface area contributed by atoms with Gasteiger partial charge in [0.15, 0.2) is 0 Å². The first-order valence-corrected chi connectivity index (χ1v) is 12.0. The Hall–Kier alpha value is -2.02. The van der Waals surface area contributed by atoms with Crippen molar-refractivity contribution in [3.8, 4) is 11.1 Å².